The first-order valence-corrected chi connectivity index (χ1v) is 12.4. The van der Waals surface area contributed by atoms with Gasteiger partial charge in [0.2, 0.25) is 5.95 Å². The number of hydrogen-bond donors (Lipinski definition) is 2. The van der Waals surface area contributed by atoms with Crippen LogP contribution in [-0.2, 0) is 16.0 Å². The van der Waals surface area contributed by atoms with Crippen LogP contribution in [0.5, 0.6) is 0 Å². The summed E-state index contributed by atoms with van der Waals surface area (Å²) in [5, 5.41) is 7.47. The summed E-state index contributed by atoms with van der Waals surface area (Å²) in [5.41, 5.74) is 2.93. The van der Waals surface area contributed by atoms with Crippen molar-refractivity contribution in [1.82, 2.24) is 24.8 Å². The van der Waals surface area contributed by atoms with Crippen molar-refractivity contribution in [2.45, 2.75) is 12.6 Å². The number of anilines is 2. The molecular formula is C27H28F2N6O2. The molecule has 192 valence electrons. The van der Waals surface area contributed by atoms with E-state index in [0.29, 0.717) is 56.8 Å². The van der Waals surface area contributed by atoms with Crippen molar-refractivity contribution in [3.63, 3.8) is 0 Å². The van der Waals surface area contributed by atoms with Crippen LogP contribution in [0.15, 0.2) is 54.9 Å². The standard InChI is InChI=1S/C27H28F2N6O2/c28-23-13-21(14-24(29)22(23)16-34-7-10-36-11-8-34)35-6-4-19-15-31-27(33-26(19)35)32-20-3-1-2-18(12-20)25-17-37-9-5-30-25/h1-4,6,12-15,25,30H,5,7-11,16-17H2,(H,31,32,33)/t25-/m1/s1. The number of halogens is 2. The Balaban J connectivity index is 1.26. The minimum atomic E-state index is -0.576. The maximum atomic E-state index is 15.0. The van der Waals surface area contributed by atoms with Crippen LogP contribution in [-0.4, -0.2) is 65.5 Å². The second kappa shape index (κ2) is 10.5. The largest absolute Gasteiger partial charge is 0.379 e. The number of ether oxygens (including phenoxy) is 2. The minimum Gasteiger partial charge on any atom is -0.379 e. The molecule has 0 saturated carbocycles. The summed E-state index contributed by atoms with van der Waals surface area (Å²) in [7, 11) is 0. The molecule has 2 saturated heterocycles. The summed E-state index contributed by atoms with van der Waals surface area (Å²) in [6.07, 6.45) is 3.44. The van der Waals surface area contributed by atoms with E-state index in [9.17, 15) is 0 Å². The molecule has 2 aliphatic heterocycles. The molecule has 0 radical (unpaired) electrons. The molecule has 0 aliphatic carbocycles. The molecule has 6 rings (SSSR count). The summed E-state index contributed by atoms with van der Waals surface area (Å²) in [5.74, 6) is -0.761. The molecule has 0 amide bonds. The van der Waals surface area contributed by atoms with Gasteiger partial charge in [-0.3, -0.25) is 4.90 Å². The lowest BCUT2D eigenvalue weighted by Gasteiger charge is -2.27. The van der Waals surface area contributed by atoms with E-state index in [1.165, 1.54) is 12.1 Å². The van der Waals surface area contributed by atoms with E-state index in [-0.39, 0.29) is 18.2 Å². The molecule has 37 heavy (non-hydrogen) atoms. The van der Waals surface area contributed by atoms with Gasteiger partial charge < -0.3 is 24.7 Å². The normalized spacial score (nSPS) is 18.8. The molecule has 2 fully saturated rings. The SMILES string of the molecule is Fc1cc(-n2ccc3cnc(Nc4cccc([C@H]5COCCN5)c4)nc32)cc(F)c1CN1CCOCC1. The molecule has 0 spiro atoms. The lowest BCUT2D eigenvalue weighted by Crippen LogP contribution is -2.36. The highest BCUT2D eigenvalue weighted by molar-refractivity contribution is 5.78. The number of morpholine rings is 2. The molecular weight excluding hydrogens is 478 g/mol. The van der Waals surface area contributed by atoms with E-state index in [1.807, 2.05) is 29.2 Å². The zero-order valence-electron chi connectivity index (χ0n) is 20.3. The summed E-state index contributed by atoms with van der Waals surface area (Å²) in [6.45, 7) is 4.82. The van der Waals surface area contributed by atoms with Gasteiger partial charge in [-0.1, -0.05) is 12.1 Å². The summed E-state index contributed by atoms with van der Waals surface area (Å²) in [6, 6.07) is 12.7. The first-order chi connectivity index (χ1) is 18.1. The molecule has 10 heteroatoms. The molecule has 2 aromatic carbocycles. The Bertz CT molecular complexity index is 1380. The van der Waals surface area contributed by atoms with Gasteiger partial charge in [-0.25, -0.2) is 13.8 Å². The zero-order chi connectivity index (χ0) is 25.2. The van der Waals surface area contributed by atoms with Crippen molar-refractivity contribution >= 4 is 22.7 Å². The lowest BCUT2D eigenvalue weighted by atomic mass is 10.1. The molecule has 8 nitrogen and oxygen atoms in total. The highest BCUT2D eigenvalue weighted by Crippen LogP contribution is 2.26. The quantitative estimate of drug-likeness (QED) is 0.410. The van der Waals surface area contributed by atoms with Crippen molar-refractivity contribution in [2.24, 2.45) is 0 Å². The molecule has 4 heterocycles. The van der Waals surface area contributed by atoms with Crippen molar-refractivity contribution < 1.29 is 18.3 Å². The lowest BCUT2D eigenvalue weighted by molar-refractivity contribution is 0.0332. The van der Waals surface area contributed by atoms with Crippen molar-refractivity contribution in [3.05, 3.63) is 77.6 Å². The van der Waals surface area contributed by atoms with Gasteiger partial charge in [0.1, 0.15) is 17.3 Å². The first-order valence-electron chi connectivity index (χ1n) is 12.4. The van der Waals surface area contributed by atoms with Gasteiger partial charge in [0.25, 0.3) is 0 Å². The average Bonchev–Trinajstić information content (AvgIpc) is 3.35. The van der Waals surface area contributed by atoms with Gasteiger partial charge in [0.05, 0.1) is 38.2 Å². The molecule has 0 bridgehead atoms. The Hall–Kier alpha value is -3.44. The number of nitrogens with one attached hydrogen (secondary N) is 2. The van der Waals surface area contributed by atoms with Crippen LogP contribution in [0.4, 0.5) is 20.4 Å². The monoisotopic (exact) mass is 506 g/mol. The highest BCUT2D eigenvalue weighted by Gasteiger charge is 2.19. The minimum absolute atomic E-state index is 0.0665. The maximum absolute atomic E-state index is 15.0. The number of benzene rings is 2. The Morgan fingerprint density at radius 3 is 2.65 bits per heavy atom. The summed E-state index contributed by atoms with van der Waals surface area (Å²) in [4.78, 5) is 11.1. The van der Waals surface area contributed by atoms with Crippen LogP contribution in [0.25, 0.3) is 16.7 Å². The van der Waals surface area contributed by atoms with Gasteiger partial charge in [-0.2, -0.15) is 4.98 Å². The third-order valence-electron chi connectivity index (χ3n) is 6.78. The molecule has 2 N–H and O–H groups in total. The second-order valence-electron chi connectivity index (χ2n) is 9.27. The number of rotatable bonds is 6. The van der Waals surface area contributed by atoms with Gasteiger partial charge >= 0.3 is 0 Å². The fourth-order valence-corrected chi connectivity index (χ4v) is 4.79. The third-order valence-corrected chi connectivity index (χ3v) is 6.78. The molecule has 2 aromatic heterocycles. The number of nitrogens with zero attached hydrogens (tertiary/aromatic N) is 4. The van der Waals surface area contributed by atoms with Crippen LogP contribution >= 0.6 is 0 Å². The van der Waals surface area contributed by atoms with Crippen molar-refractivity contribution in [3.8, 4) is 5.69 Å². The fourth-order valence-electron chi connectivity index (χ4n) is 4.79. The fraction of sp³-hybridized carbons (Fsp3) is 0.333. The van der Waals surface area contributed by atoms with Crippen molar-refractivity contribution in [2.75, 3.05) is 51.4 Å². The van der Waals surface area contributed by atoms with Crippen LogP contribution < -0.4 is 10.6 Å². The first kappa shape index (κ1) is 23.9. The van der Waals surface area contributed by atoms with Crippen LogP contribution in [0, 0.1) is 11.6 Å². The van der Waals surface area contributed by atoms with Gasteiger partial charge in [-0.05, 0) is 35.9 Å². The van der Waals surface area contributed by atoms with Crippen molar-refractivity contribution in [1.29, 1.82) is 0 Å². The Morgan fingerprint density at radius 2 is 1.86 bits per heavy atom. The molecule has 2 aliphatic rings. The second-order valence-corrected chi connectivity index (χ2v) is 9.27. The smallest absolute Gasteiger partial charge is 0.229 e. The number of aromatic nitrogens is 3. The van der Waals surface area contributed by atoms with E-state index in [4.69, 9.17) is 9.47 Å². The third kappa shape index (κ3) is 5.19. The maximum Gasteiger partial charge on any atom is 0.229 e. The van der Waals surface area contributed by atoms with E-state index in [2.05, 4.69) is 26.7 Å². The van der Waals surface area contributed by atoms with Crippen LogP contribution in [0.3, 0.4) is 0 Å². The van der Waals surface area contributed by atoms with Crippen LogP contribution in [0.1, 0.15) is 17.2 Å². The Morgan fingerprint density at radius 1 is 1.03 bits per heavy atom. The number of hydrogen-bond acceptors (Lipinski definition) is 7. The predicted octanol–water partition coefficient (Wildman–Crippen LogP) is 3.94. The van der Waals surface area contributed by atoms with E-state index in [0.717, 1.165) is 23.2 Å². The summed E-state index contributed by atoms with van der Waals surface area (Å²) < 4.78 is 42.7. The summed E-state index contributed by atoms with van der Waals surface area (Å²) >= 11 is 0. The van der Waals surface area contributed by atoms with E-state index < -0.39 is 11.6 Å². The van der Waals surface area contributed by atoms with Gasteiger partial charge in [-0.15, -0.1) is 0 Å². The van der Waals surface area contributed by atoms with Crippen LogP contribution in [0.2, 0.25) is 0 Å². The predicted molar refractivity (Wildman–Crippen MR) is 136 cm³/mol. The highest BCUT2D eigenvalue weighted by atomic mass is 19.1. The molecule has 0 unspecified atom stereocenters. The Labute approximate surface area is 213 Å². The van der Waals surface area contributed by atoms with Gasteiger partial charge in [0.15, 0.2) is 0 Å². The average molecular weight is 507 g/mol. The van der Waals surface area contributed by atoms with E-state index >= 15 is 8.78 Å². The zero-order valence-corrected chi connectivity index (χ0v) is 20.3. The molecule has 4 aromatic rings. The topological polar surface area (TPSA) is 76.5 Å². The molecule has 1 atom stereocenters. The number of fused-ring (bicyclic) bond motifs is 1. The van der Waals surface area contributed by atoms with E-state index in [1.54, 1.807) is 17.0 Å². The Kier molecular flexibility index (Phi) is 6.79. The van der Waals surface area contributed by atoms with Gasteiger partial charge in [0, 0.05) is 55.2 Å².